The van der Waals surface area contributed by atoms with E-state index in [9.17, 15) is 0 Å². The lowest BCUT2D eigenvalue weighted by Crippen LogP contribution is -2.11. The summed E-state index contributed by atoms with van der Waals surface area (Å²) in [5, 5.41) is 0. The van der Waals surface area contributed by atoms with Crippen LogP contribution in [0.3, 0.4) is 0 Å². The molecule has 0 N–H and O–H groups in total. The maximum absolute atomic E-state index is 2.30. The van der Waals surface area contributed by atoms with E-state index in [0.29, 0.717) is 0 Å². The Morgan fingerprint density at radius 2 is 0.525 bits per heavy atom. The molecule has 2 nitrogen and oxygen atoms in total. The van der Waals surface area contributed by atoms with Crippen molar-refractivity contribution in [2.45, 2.75) is 0 Å². The first kappa shape index (κ1) is 25.3. The third-order valence-electron chi connectivity index (χ3n) is 7.20. The molecule has 0 atom stereocenters. The molecule has 0 heterocycles. The highest BCUT2D eigenvalue weighted by atomic mass is 15.1. The van der Waals surface area contributed by atoms with Crippen molar-refractivity contribution in [1.29, 1.82) is 0 Å². The zero-order chi connectivity index (χ0) is 27.3. The van der Waals surface area contributed by atoms with Crippen molar-refractivity contribution in [3.63, 3.8) is 0 Å². The normalized spacial score (nSPS) is 10.7. The molecule has 0 saturated heterocycles. The number of rotatable bonds is 7. The first-order valence-electron chi connectivity index (χ1n) is 13.7. The standard InChI is InChI=1S/C36H30B2N2/c37-29-15-23-35(24-16-29)39(31-7-3-1-4-8-31)33-19-11-27(12-20-33)28-13-21-34(22-14-28)40(32-9-5-2-6-10-32)36-25-17-30(38)18-26-36/h1-26H,37-38H2. The van der Waals surface area contributed by atoms with E-state index < -0.39 is 0 Å². The van der Waals surface area contributed by atoms with E-state index in [1.165, 1.54) is 22.1 Å². The molecule has 6 aromatic rings. The Kier molecular flexibility index (Phi) is 7.24. The van der Waals surface area contributed by atoms with Crippen LogP contribution in [0, 0.1) is 0 Å². The molecule has 0 radical (unpaired) electrons. The molecular formula is C36H30B2N2. The minimum atomic E-state index is 1.13. The molecular weight excluding hydrogens is 482 g/mol. The Hall–Kier alpha value is -4.95. The molecule has 0 aliphatic heterocycles. The maximum atomic E-state index is 2.30. The third-order valence-corrected chi connectivity index (χ3v) is 7.20. The Bertz CT molecular complexity index is 1540. The summed E-state index contributed by atoms with van der Waals surface area (Å²) in [4.78, 5) is 4.59. The summed E-state index contributed by atoms with van der Waals surface area (Å²) >= 11 is 0. The van der Waals surface area contributed by atoms with Crippen LogP contribution in [0.1, 0.15) is 0 Å². The predicted molar refractivity (Wildman–Crippen MR) is 178 cm³/mol. The second kappa shape index (κ2) is 11.4. The second-order valence-corrected chi connectivity index (χ2v) is 10.1. The Balaban J connectivity index is 1.31. The van der Waals surface area contributed by atoms with Crippen LogP contribution < -0.4 is 20.7 Å². The van der Waals surface area contributed by atoms with Gasteiger partial charge in [-0.3, -0.25) is 0 Å². The lowest BCUT2D eigenvalue weighted by molar-refractivity contribution is 1.28. The van der Waals surface area contributed by atoms with Crippen LogP contribution >= 0.6 is 0 Å². The van der Waals surface area contributed by atoms with Crippen LogP contribution in [0.4, 0.5) is 34.1 Å². The summed E-state index contributed by atoms with van der Waals surface area (Å²) in [5.74, 6) is 0. The zero-order valence-electron chi connectivity index (χ0n) is 22.9. The van der Waals surface area contributed by atoms with E-state index in [-0.39, 0.29) is 0 Å². The highest BCUT2D eigenvalue weighted by Crippen LogP contribution is 2.37. The molecule has 0 bridgehead atoms. The van der Waals surface area contributed by atoms with Gasteiger partial charge in [-0.2, -0.15) is 0 Å². The maximum Gasteiger partial charge on any atom is 0.139 e. The van der Waals surface area contributed by atoms with Crippen molar-refractivity contribution in [2.24, 2.45) is 0 Å². The average Bonchev–Trinajstić information content (AvgIpc) is 3.01. The fourth-order valence-electron chi connectivity index (χ4n) is 5.04. The summed E-state index contributed by atoms with van der Waals surface area (Å²) in [6.07, 6.45) is 0. The molecule has 0 amide bonds. The van der Waals surface area contributed by atoms with Gasteiger partial charge in [0.05, 0.1) is 0 Å². The zero-order valence-corrected chi connectivity index (χ0v) is 22.9. The Morgan fingerprint density at radius 3 is 0.825 bits per heavy atom. The highest BCUT2D eigenvalue weighted by molar-refractivity contribution is 6.32. The third kappa shape index (κ3) is 5.43. The van der Waals surface area contributed by atoms with E-state index in [2.05, 4.69) is 183 Å². The second-order valence-electron chi connectivity index (χ2n) is 10.1. The van der Waals surface area contributed by atoms with Crippen molar-refractivity contribution >= 4 is 60.7 Å². The van der Waals surface area contributed by atoms with E-state index in [1.807, 2.05) is 0 Å². The molecule has 190 valence electrons. The molecule has 0 spiro atoms. The van der Waals surface area contributed by atoms with Gasteiger partial charge in [0.2, 0.25) is 0 Å². The van der Waals surface area contributed by atoms with Gasteiger partial charge in [0.15, 0.2) is 0 Å². The Labute approximate surface area is 239 Å². The van der Waals surface area contributed by atoms with E-state index in [4.69, 9.17) is 0 Å². The smallest absolute Gasteiger partial charge is 0.139 e. The van der Waals surface area contributed by atoms with Gasteiger partial charge < -0.3 is 9.80 Å². The van der Waals surface area contributed by atoms with Crippen LogP contribution in [-0.2, 0) is 0 Å². The monoisotopic (exact) mass is 512 g/mol. The van der Waals surface area contributed by atoms with Crippen molar-refractivity contribution in [1.82, 2.24) is 0 Å². The fraction of sp³-hybridized carbons (Fsp3) is 0. The van der Waals surface area contributed by atoms with Gasteiger partial charge in [0.1, 0.15) is 15.7 Å². The van der Waals surface area contributed by atoms with E-state index in [1.54, 1.807) is 0 Å². The predicted octanol–water partition coefficient (Wildman–Crippen LogP) is 6.81. The molecule has 0 aliphatic rings. The number of anilines is 6. The largest absolute Gasteiger partial charge is 0.311 e. The molecule has 0 fully saturated rings. The quantitative estimate of drug-likeness (QED) is 0.217. The van der Waals surface area contributed by atoms with E-state index >= 15 is 0 Å². The van der Waals surface area contributed by atoms with Crippen molar-refractivity contribution in [2.75, 3.05) is 9.80 Å². The molecule has 0 aliphatic carbocycles. The molecule has 6 rings (SSSR count). The summed E-state index contributed by atoms with van der Waals surface area (Å²) in [6, 6.07) is 56.1. The van der Waals surface area contributed by atoms with Crippen molar-refractivity contribution in [3.8, 4) is 11.1 Å². The summed E-state index contributed by atoms with van der Waals surface area (Å²) in [6.45, 7) is 0. The minimum absolute atomic E-state index is 1.13. The van der Waals surface area contributed by atoms with Crippen LogP contribution in [0.5, 0.6) is 0 Å². The average molecular weight is 512 g/mol. The highest BCUT2D eigenvalue weighted by Gasteiger charge is 2.14. The number of para-hydroxylation sites is 2. The number of benzene rings is 6. The molecule has 4 heteroatoms. The van der Waals surface area contributed by atoms with E-state index in [0.717, 1.165) is 34.1 Å². The first-order valence-corrected chi connectivity index (χ1v) is 13.7. The number of hydrogen-bond donors (Lipinski definition) is 0. The topological polar surface area (TPSA) is 6.48 Å². The van der Waals surface area contributed by atoms with Crippen LogP contribution in [0.2, 0.25) is 0 Å². The lowest BCUT2D eigenvalue weighted by atomic mass is 9.96. The lowest BCUT2D eigenvalue weighted by Gasteiger charge is -2.26. The van der Waals surface area contributed by atoms with Gasteiger partial charge >= 0.3 is 0 Å². The fourth-order valence-corrected chi connectivity index (χ4v) is 5.04. The molecule has 0 saturated carbocycles. The van der Waals surface area contributed by atoms with Crippen LogP contribution in [0.25, 0.3) is 11.1 Å². The first-order chi connectivity index (χ1) is 19.7. The Morgan fingerprint density at radius 1 is 0.275 bits per heavy atom. The van der Waals surface area contributed by atoms with Crippen molar-refractivity contribution < 1.29 is 0 Å². The van der Waals surface area contributed by atoms with Gasteiger partial charge in [0, 0.05) is 34.1 Å². The van der Waals surface area contributed by atoms with Gasteiger partial charge in [-0.25, -0.2) is 0 Å². The number of hydrogen-bond acceptors (Lipinski definition) is 2. The van der Waals surface area contributed by atoms with Gasteiger partial charge in [-0.1, -0.05) is 95.9 Å². The summed E-state index contributed by atoms with van der Waals surface area (Å²) in [7, 11) is 4.24. The van der Waals surface area contributed by atoms with Crippen LogP contribution in [-0.4, -0.2) is 15.7 Å². The molecule has 6 aromatic carbocycles. The number of nitrogens with zero attached hydrogens (tertiary/aromatic N) is 2. The van der Waals surface area contributed by atoms with Crippen LogP contribution in [0.15, 0.2) is 158 Å². The molecule has 0 aromatic heterocycles. The minimum Gasteiger partial charge on any atom is -0.311 e. The van der Waals surface area contributed by atoms with Gasteiger partial charge in [-0.05, 0) is 83.9 Å². The van der Waals surface area contributed by atoms with Gasteiger partial charge in [0.25, 0.3) is 0 Å². The summed E-state index contributed by atoms with van der Waals surface area (Å²) < 4.78 is 0. The summed E-state index contributed by atoms with van der Waals surface area (Å²) in [5.41, 5.74) is 11.7. The molecule has 40 heavy (non-hydrogen) atoms. The van der Waals surface area contributed by atoms with Crippen molar-refractivity contribution in [3.05, 3.63) is 158 Å². The molecule has 0 unspecified atom stereocenters. The SMILES string of the molecule is Bc1ccc(N(c2ccccc2)c2ccc(-c3ccc(N(c4ccccc4)c4ccc(B)cc4)cc3)cc2)cc1. The van der Waals surface area contributed by atoms with Gasteiger partial charge in [-0.15, -0.1) is 0 Å².